The van der Waals surface area contributed by atoms with Gasteiger partial charge in [0.15, 0.2) is 0 Å². The second-order valence-corrected chi connectivity index (χ2v) is 3.95. The Balaban J connectivity index is 2.58. The van der Waals surface area contributed by atoms with Crippen molar-refractivity contribution < 1.29 is 9.59 Å². The second-order valence-electron chi connectivity index (χ2n) is 3.54. The van der Waals surface area contributed by atoms with Crippen LogP contribution >= 0.6 is 11.6 Å². The molecule has 18 heavy (non-hydrogen) atoms. The van der Waals surface area contributed by atoms with Gasteiger partial charge in [-0.15, -0.1) is 0 Å². The Labute approximate surface area is 110 Å². The fourth-order valence-electron chi connectivity index (χ4n) is 1.26. The molecule has 7 heteroatoms. The van der Waals surface area contributed by atoms with E-state index in [1.807, 2.05) is 0 Å². The van der Waals surface area contributed by atoms with E-state index >= 15 is 0 Å². The van der Waals surface area contributed by atoms with Gasteiger partial charge in [-0.3, -0.25) is 9.59 Å². The summed E-state index contributed by atoms with van der Waals surface area (Å²) in [6.07, 6.45) is 1.41. The highest BCUT2D eigenvalue weighted by Crippen LogP contribution is 2.17. The first-order chi connectivity index (χ1) is 8.54. The van der Waals surface area contributed by atoms with Gasteiger partial charge in [-0.2, -0.15) is 0 Å². The molecule has 0 aromatic carbocycles. The number of aromatic nitrogens is 1. The summed E-state index contributed by atoms with van der Waals surface area (Å²) in [5, 5.41) is 8.34. The van der Waals surface area contributed by atoms with Gasteiger partial charge in [0.1, 0.15) is 5.82 Å². The minimum absolute atomic E-state index is 0.135. The average Bonchev–Trinajstić information content (AvgIpc) is 2.34. The van der Waals surface area contributed by atoms with Crippen LogP contribution in [0, 0.1) is 0 Å². The summed E-state index contributed by atoms with van der Waals surface area (Å²) in [7, 11) is 1.70. The molecule has 1 aromatic heterocycles. The minimum Gasteiger partial charge on any atom is -0.373 e. The van der Waals surface area contributed by atoms with Crippen molar-refractivity contribution >= 4 is 29.2 Å². The van der Waals surface area contributed by atoms with Crippen molar-refractivity contribution in [2.75, 3.05) is 25.5 Å². The summed E-state index contributed by atoms with van der Waals surface area (Å²) in [5.74, 6) is 0.124. The Morgan fingerprint density at radius 2 is 2.00 bits per heavy atom. The number of amides is 2. The van der Waals surface area contributed by atoms with Crippen LogP contribution in [0.25, 0.3) is 0 Å². The fourth-order valence-corrected chi connectivity index (χ4v) is 1.45. The van der Waals surface area contributed by atoms with Crippen LogP contribution in [-0.2, 0) is 4.79 Å². The summed E-state index contributed by atoms with van der Waals surface area (Å²) in [4.78, 5) is 26.4. The van der Waals surface area contributed by atoms with E-state index in [9.17, 15) is 9.59 Å². The molecule has 6 nitrogen and oxygen atoms in total. The lowest BCUT2D eigenvalue weighted by Crippen LogP contribution is -2.33. The van der Waals surface area contributed by atoms with Gasteiger partial charge in [0.2, 0.25) is 5.91 Å². The number of nitrogens with zero attached hydrogens (tertiary/aromatic N) is 1. The Hall–Kier alpha value is -1.82. The van der Waals surface area contributed by atoms with E-state index in [2.05, 4.69) is 20.9 Å². The van der Waals surface area contributed by atoms with Gasteiger partial charge < -0.3 is 16.0 Å². The molecule has 0 saturated carbocycles. The van der Waals surface area contributed by atoms with Crippen molar-refractivity contribution in [1.82, 2.24) is 15.6 Å². The Morgan fingerprint density at radius 1 is 1.33 bits per heavy atom. The van der Waals surface area contributed by atoms with Crippen molar-refractivity contribution in [2.45, 2.75) is 6.92 Å². The van der Waals surface area contributed by atoms with Crippen LogP contribution < -0.4 is 16.0 Å². The zero-order chi connectivity index (χ0) is 13.5. The molecule has 1 heterocycles. The minimum atomic E-state index is -0.302. The maximum atomic E-state index is 11.8. The number of halogens is 1. The monoisotopic (exact) mass is 270 g/mol. The van der Waals surface area contributed by atoms with Gasteiger partial charge in [0.05, 0.1) is 10.6 Å². The molecule has 0 fully saturated rings. The lowest BCUT2D eigenvalue weighted by molar-refractivity contribution is -0.118. The van der Waals surface area contributed by atoms with E-state index in [4.69, 9.17) is 11.6 Å². The molecule has 0 aliphatic rings. The van der Waals surface area contributed by atoms with Crippen molar-refractivity contribution in [3.8, 4) is 0 Å². The number of hydrogen-bond acceptors (Lipinski definition) is 4. The van der Waals surface area contributed by atoms with Gasteiger partial charge >= 0.3 is 0 Å². The smallest absolute Gasteiger partial charge is 0.253 e. The lowest BCUT2D eigenvalue weighted by Gasteiger charge is -2.08. The summed E-state index contributed by atoms with van der Waals surface area (Å²) >= 11 is 5.89. The number of hydrogen-bond donors (Lipinski definition) is 3. The maximum absolute atomic E-state index is 11.8. The molecule has 0 bridgehead atoms. The van der Waals surface area contributed by atoms with Gasteiger partial charge in [0, 0.05) is 33.3 Å². The molecule has 0 atom stereocenters. The summed E-state index contributed by atoms with van der Waals surface area (Å²) in [6, 6.07) is 1.57. The highest BCUT2D eigenvalue weighted by molar-refractivity contribution is 6.33. The Morgan fingerprint density at radius 3 is 2.61 bits per heavy atom. The zero-order valence-electron chi connectivity index (χ0n) is 10.2. The Kier molecular flexibility index (Phi) is 5.38. The molecule has 2 amide bonds. The first-order valence-corrected chi connectivity index (χ1v) is 5.78. The predicted molar refractivity (Wildman–Crippen MR) is 69.8 cm³/mol. The molecule has 0 aliphatic heterocycles. The highest BCUT2D eigenvalue weighted by Gasteiger charge is 2.11. The van der Waals surface area contributed by atoms with Crippen LogP contribution in [0.3, 0.4) is 0 Å². The van der Waals surface area contributed by atoms with Crippen LogP contribution in [0.4, 0.5) is 5.82 Å². The number of pyridine rings is 1. The first-order valence-electron chi connectivity index (χ1n) is 5.40. The van der Waals surface area contributed by atoms with Gasteiger partial charge in [-0.1, -0.05) is 11.6 Å². The van der Waals surface area contributed by atoms with E-state index in [1.165, 1.54) is 13.1 Å². The predicted octanol–water partition coefficient (Wildman–Crippen LogP) is 0.643. The van der Waals surface area contributed by atoms with Crippen molar-refractivity contribution in [3.63, 3.8) is 0 Å². The molecule has 0 saturated heterocycles. The van der Waals surface area contributed by atoms with Crippen molar-refractivity contribution in [1.29, 1.82) is 0 Å². The zero-order valence-corrected chi connectivity index (χ0v) is 11.0. The molecule has 0 unspecified atom stereocenters. The third kappa shape index (κ3) is 4.21. The largest absolute Gasteiger partial charge is 0.373 e. The van der Waals surface area contributed by atoms with Crippen LogP contribution in [0.5, 0.6) is 0 Å². The number of carbonyl (C=O) groups excluding carboxylic acids is 2. The van der Waals surface area contributed by atoms with E-state index in [0.717, 1.165) is 0 Å². The van der Waals surface area contributed by atoms with Crippen molar-refractivity contribution in [3.05, 3.63) is 22.8 Å². The van der Waals surface area contributed by atoms with Gasteiger partial charge in [-0.25, -0.2) is 4.98 Å². The number of rotatable bonds is 5. The SMILES string of the molecule is CNc1cc(C(=O)NCCNC(C)=O)c(Cl)cn1. The standard InChI is InChI=1S/C11H15ClN4O2/c1-7(17)14-3-4-15-11(18)8-5-10(13-2)16-6-9(8)12/h5-6H,3-4H2,1-2H3,(H,13,16)(H,14,17)(H,15,18). The molecule has 0 aliphatic carbocycles. The van der Waals surface area contributed by atoms with E-state index in [1.54, 1.807) is 13.1 Å². The van der Waals surface area contributed by atoms with Crippen LogP contribution in [0.1, 0.15) is 17.3 Å². The molecule has 1 rings (SSSR count). The molecule has 1 aromatic rings. The summed E-state index contributed by atoms with van der Waals surface area (Å²) in [6.45, 7) is 2.13. The van der Waals surface area contributed by atoms with E-state index in [0.29, 0.717) is 24.5 Å². The number of nitrogens with one attached hydrogen (secondary N) is 3. The number of anilines is 1. The summed E-state index contributed by atoms with van der Waals surface area (Å²) in [5.41, 5.74) is 0.346. The second kappa shape index (κ2) is 6.80. The van der Waals surface area contributed by atoms with Crippen molar-refractivity contribution in [2.24, 2.45) is 0 Å². The van der Waals surface area contributed by atoms with E-state index in [-0.39, 0.29) is 16.8 Å². The van der Waals surface area contributed by atoms with Gasteiger partial charge in [-0.05, 0) is 6.07 Å². The first kappa shape index (κ1) is 14.2. The molecular formula is C11H15ClN4O2. The lowest BCUT2D eigenvalue weighted by atomic mass is 10.2. The third-order valence-corrected chi connectivity index (χ3v) is 2.44. The highest BCUT2D eigenvalue weighted by atomic mass is 35.5. The average molecular weight is 271 g/mol. The topological polar surface area (TPSA) is 83.1 Å². The third-order valence-electron chi connectivity index (χ3n) is 2.14. The van der Waals surface area contributed by atoms with Crippen LogP contribution in [0.2, 0.25) is 5.02 Å². The fraction of sp³-hybridized carbons (Fsp3) is 0.364. The molecule has 0 spiro atoms. The maximum Gasteiger partial charge on any atom is 0.253 e. The summed E-state index contributed by atoms with van der Waals surface area (Å²) < 4.78 is 0. The van der Waals surface area contributed by atoms with Crippen LogP contribution in [-0.4, -0.2) is 36.9 Å². The quantitative estimate of drug-likeness (QED) is 0.686. The molecular weight excluding hydrogens is 256 g/mol. The van der Waals surface area contributed by atoms with Crippen LogP contribution in [0.15, 0.2) is 12.3 Å². The molecule has 98 valence electrons. The Bertz CT molecular complexity index is 451. The van der Waals surface area contributed by atoms with Gasteiger partial charge in [0.25, 0.3) is 5.91 Å². The normalized spacial score (nSPS) is 9.72. The molecule has 3 N–H and O–H groups in total. The number of carbonyl (C=O) groups is 2. The molecule has 0 radical (unpaired) electrons. The van der Waals surface area contributed by atoms with E-state index < -0.39 is 0 Å².